The second-order valence-corrected chi connectivity index (χ2v) is 3.39. The molecule has 2 heteroatoms. The monoisotopic (exact) mass is 166 g/mol. The van der Waals surface area contributed by atoms with Crippen LogP contribution in [0.2, 0.25) is 0 Å². The first kappa shape index (κ1) is 9.57. The molecule has 0 spiro atoms. The van der Waals surface area contributed by atoms with Gasteiger partial charge in [0.05, 0.1) is 0 Å². The Morgan fingerprint density at radius 1 is 1.50 bits per heavy atom. The maximum Gasteiger partial charge on any atom is 0.0224 e. The molecule has 0 aliphatic carbocycles. The maximum absolute atomic E-state index is 5.37. The summed E-state index contributed by atoms with van der Waals surface area (Å²) in [5.74, 6) is 3.38. The van der Waals surface area contributed by atoms with Crippen molar-refractivity contribution in [3.63, 3.8) is 0 Å². The second-order valence-electron chi connectivity index (χ2n) is 3.39. The Labute approximate surface area is 75.3 Å². The molecule has 0 radical (unpaired) electrons. The van der Waals surface area contributed by atoms with E-state index in [1.807, 2.05) is 7.05 Å². The zero-order valence-corrected chi connectivity index (χ0v) is 7.84. The van der Waals surface area contributed by atoms with Crippen molar-refractivity contribution in [2.24, 2.45) is 5.92 Å². The standard InChI is InChI=1S/C10H18N2/c1-3-10-4-7-12(8-5-10)9-6-11-2/h1,10-11H,4-9H2,2H3. The third kappa shape index (κ3) is 2.84. The number of piperidine rings is 1. The van der Waals surface area contributed by atoms with Gasteiger partial charge in [-0.15, -0.1) is 12.3 Å². The molecule has 0 aromatic rings. The molecular weight excluding hydrogens is 148 g/mol. The number of terminal acetylenes is 1. The second kappa shape index (κ2) is 5.18. The average molecular weight is 166 g/mol. The van der Waals surface area contributed by atoms with Crippen molar-refractivity contribution < 1.29 is 0 Å². The highest BCUT2D eigenvalue weighted by Gasteiger charge is 2.16. The van der Waals surface area contributed by atoms with Crippen LogP contribution < -0.4 is 5.32 Å². The summed E-state index contributed by atoms with van der Waals surface area (Å²) in [4.78, 5) is 2.48. The lowest BCUT2D eigenvalue weighted by atomic mass is 9.98. The number of likely N-dealkylation sites (N-methyl/N-ethyl adjacent to an activating group) is 1. The van der Waals surface area contributed by atoms with Crippen LogP contribution in [0, 0.1) is 18.3 Å². The van der Waals surface area contributed by atoms with E-state index in [4.69, 9.17) is 6.42 Å². The molecule has 2 nitrogen and oxygen atoms in total. The van der Waals surface area contributed by atoms with Crippen LogP contribution in [0.3, 0.4) is 0 Å². The molecule has 1 fully saturated rings. The molecule has 0 amide bonds. The minimum Gasteiger partial charge on any atom is -0.318 e. The van der Waals surface area contributed by atoms with E-state index in [1.54, 1.807) is 0 Å². The Hall–Kier alpha value is -0.520. The summed E-state index contributed by atoms with van der Waals surface area (Å²) >= 11 is 0. The summed E-state index contributed by atoms with van der Waals surface area (Å²) in [6.07, 6.45) is 7.73. The first-order valence-corrected chi connectivity index (χ1v) is 4.70. The zero-order chi connectivity index (χ0) is 8.81. The Morgan fingerprint density at radius 2 is 2.17 bits per heavy atom. The van der Waals surface area contributed by atoms with Crippen molar-refractivity contribution in [1.29, 1.82) is 0 Å². The Bertz CT molecular complexity index is 152. The zero-order valence-electron chi connectivity index (χ0n) is 7.84. The van der Waals surface area contributed by atoms with Gasteiger partial charge < -0.3 is 10.2 Å². The Balaban J connectivity index is 2.14. The van der Waals surface area contributed by atoms with Crippen LogP contribution in [-0.2, 0) is 0 Å². The molecule has 0 aromatic carbocycles. The lowest BCUT2D eigenvalue weighted by Gasteiger charge is -2.29. The SMILES string of the molecule is C#CC1CCN(CCNC)CC1. The van der Waals surface area contributed by atoms with Crippen LogP contribution in [0.1, 0.15) is 12.8 Å². The van der Waals surface area contributed by atoms with Crippen molar-refractivity contribution in [3.8, 4) is 12.3 Å². The largest absolute Gasteiger partial charge is 0.318 e. The molecule has 0 unspecified atom stereocenters. The third-order valence-corrected chi connectivity index (χ3v) is 2.50. The van der Waals surface area contributed by atoms with Crippen LogP contribution in [-0.4, -0.2) is 38.1 Å². The molecule has 0 bridgehead atoms. The van der Waals surface area contributed by atoms with Gasteiger partial charge in [-0.05, 0) is 33.0 Å². The fourth-order valence-corrected chi connectivity index (χ4v) is 1.59. The summed E-state index contributed by atoms with van der Waals surface area (Å²) in [6.45, 7) is 4.60. The first-order chi connectivity index (χ1) is 5.86. The summed E-state index contributed by atoms with van der Waals surface area (Å²) in [6, 6.07) is 0. The highest BCUT2D eigenvalue weighted by molar-refractivity contribution is 4.95. The van der Waals surface area contributed by atoms with Gasteiger partial charge in [0.25, 0.3) is 0 Å². The molecule has 1 rings (SSSR count). The van der Waals surface area contributed by atoms with Gasteiger partial charge in [-0.25, -0.2) is 0 Å². The molecule has 1 aliphatic heterocycles. The van der Waals surface area contributed by atoms with Gasteiger partial charge in [0, 0.05) is 19.0 Å². The number of nitrogens with one attached hydrogen (secondary N) is 1. The predicted molar refractivity (Wildman–Crippen MR) is 51.9 cm³/mol. The highest BCUT2D eigenvalue weighted by Crippen LogP contribution is 2.14. The normalized spacial score (nSPS) is 20.7. The summed E-state index contributed by atoms with van der Waals surface area (Å²) in [5.41, 5.74) is 0. The van der Waals surface area contributed by atoms with Gasteiger partial charge in [0.2, 0.25) is 0 Å². The average Bonchev–Trinajstić information content (AvgIpc) is 2.15. The molecule has 12 heavy (non-hydrogen) atoms. The van der Waals surface area contributed by atoms with Gasteiger partial charge >= 0.3 is 0 Å². The Morgan fingerprint density at radius 3 is 2.67 bits per heavy atom. The maximum atomic E-state index is 5.37. The van der Waals surface area contributed by atoms with Crippen LogP contribution >= 0.6 is 0 Å². The van der Waals surface area contributed by atoms with E-state index in [2.05, 4.69) is 16.1 Å². The predicted octanol–water partition coefficient (Wildman–Crippen LogP) is 0.551. The Kier molecular flexibility index (Phi) is 4.13. The molecule has 1 aliphatic rings. The molecule has 0 aromatic heterocycles. The van der Waals surface area contributed by atoms with Crippen molar-refractivity contribution >= 4 is 0 Å². The van der Waals surface area contributed by atoms with Gasteiger partial charge in [-0.3, -0.25) is 0 Å². The van der Waals surface area contributed by atoms with E-state index < -0.39 is 0 Å². The van der Waals surface area contributed by atoms with Gasteiger partial charge in [0.15, 0.2) is 0 Å². The molecule has 1 heterocycles. The third-order valence-electron chi connectivity index (χ3n) is 2.50. The van der Waals surface area contributed by atoms with Crippen molar-refractivity contribution in [3.05, 3.63) is 0 Å². The topological polar surface area (TPSA) is 15.3 Å². The summed E-state index contributed by atoms with van der Waals surface area (Å²) in [7, 11) is 1.99. The highest BCUT2D eigenvalue weighted by atomic mass is 15.1. The van der Waals surface area contributed by atoms with E-state index in [0.29, 0.717) is 5.92 Å². The quantitative estimate of drug-likeness (QED) is 0.616. The fraction of sp³-hybridized carbons (Fsp3) is 0.800. The number of likely N-dealkylation sites (tertiary alicyclic amines) is 1. The van der Waals surface area contributed by atoms with Gasteiger partial charge in [-0.2, -0.15) is 0 Å². The van der Waals surface area contributed by atoms with E-state index >= 15 is 0 Å². The molecule has 1 saturated heterocycles. The van der Waals surface area contributed by atoms with Crippen LogP contribution in [0.4, 0.5) is 0 Å². The van der Waals surface area contributed by atoms with Crippen LogP contribution in [0.5, 0.6) is 0 Å². The number of hydrogen-bond donors (Lipinski definition) is 1. The van der Waals surface area contributed by atoms with Crippen molar-refractivity contribution in [2.45, 2.75) is 12.8 Å². The lowest BCUT2D eigenvalue weighted by molar-refractivity contribution is 0.208. The number of hydrogen-bond acceptors (Lipinski definition) is 2. The van der Waals surface area contributed by atoms with Crippen molar-refractivity contribution in [2.75, 3.05) is 33.2 Å². The van der Waals surface area contributed by atoms with E-state index in [1.165, 1.54) is 25.9 Å². The number of rotatable bonds is 3. The fourth-order valence-electron chi connectivity index (χ4n) is 1.59. The molecular formula is C10H18N2. The summed E-state index contributed by atoms with van der Waals surface area (Å²) in [5, 5.41) is 3.16. The van der Waals surface area contributed by atoms with Crippen LogP contribution in [0.25, 0.3) is 0 Å². The lowest BCUT2D eigenvalue weighted by Crippen LogP contribution is -2.37. The van der Waals surface area contributed by atoms with E-state index in [-0.39, 0.29) is 0 Å². The first-order valence-electron chi connectivity index (χ1n) is 4.70. The number of nitrogens with zero attached hydrogens (tertiary/aromatic N) is 1. The van der Waals surface area contributed by atoms with E-state index in [0.717, 1.165) is 13.1 Å². The molecule has 1 N–H and O–H groups in total. The minimum absolute atomic E-state index is 0.538. The molecule has 68 valence electrons. The molecule has 0 saturated carbocycles. The van der Waals surface area contributed by atoms with Gasteiger partial charge in [-0.1, -0.05) is 0 Å². The van der Waals surface area contributed by atoms with Crippen LogP contribution in [0.15, 0.2) is 0 Å². The molecule has 0 atom stereocenters. The smallest absolute Gasteiger partial charge is 0.0224 e. The minimum atomic E-state index is 0.538. The van der Waals surface area contributed by atoms with Gasteiger partial charge in [0.1, 0.15) is 0 Å². The summed E-state index contributed by atoms with van der Waals surface area (Å²) < 4.78 is 0. The van der Waals surface area contributed by atoms with E-state index in [9.17, 15) is 0 Å². The van der Waals surface area contributed by atoms with Crippen molar-refractivity contribution in [1.82, 2.24) is 10.2 Å².